The molecule has 0 N–H and O–H groups in total. The lowest BCUT2D eigenvalue weighted by Gasteiger charge is -2.10. The molecule has 8 heteroatoms. The van der Waals surface area contributed by atoms with Crippen LogP contribution >= 0.6 is 11.6 Å². The van der Waals surface area contributed by atoms with Gasteiger partial charge in [-0.3, -0.25) is 0 Å². The van der Waals surface area contributed by atoms with Gasteiger partial charge in [0.1, 0.15) is 0 Å². The number of hydrogen-bond acceptors (Lipinski definition) is 3. The van der Waals surface area contributed by atoms with Gasteiger partial charge in [0.05, 0.1) is 11.3 Å². The van der Waals surface area contributed by atoms with E-state index < -0.39 is 32.4 Å². The third-order valence-electron chi connectivity index (χ3n) is 1.72. The molecular weight excluding hydrogens is 267 g/mol. The maximum Gasteiger partial charge on any atom is 0.419 e. The predicted molar refractivity (Wildman–Crippen MR) is 52.0 cm³/mol. The van der Waals surface area contributed by atoms with Crippen LogP contribution in [-0.2, 0) is 16.0 Å². The number of alkyl halides is 4. The number of pyridine rings is 1. The van der Waals surface area contributed by atoms with Gasteiger partial charge in [0.25, 0.3) is 0 Å². The van der Waals surface area contributed by atoms with E-state index in [1.165, 1.54) is 0 Å². The molecule has 0 saturated heterocycles. The third kappa shape index (κ3) is 2.85. The highest BCUT2D eigenvalue weighted by molar-refractivity contribution is 7.91. The van der Waals surface area contributed by atoms with Crippen molar-refractivity contribution in [3.05, 3.63) is 23.9 Å². The number of nitrogens with zero attached hydrogens (tertiary/aromatic N) is 1. The van der Waals surface area contributed by atoms with Crippen LogP contribution < -0.4 is 0 Å². The largest absolute Gasteiger partial charge is 0.419 e. The fraction of sp³-hybridized carbons (Fsp3) is 0.375. The summed E-state index contributed by atoms with van der Waals surface area (Å²) in [5.41, 5.74) is -1.26. The lowest BCUT2D eigenvalue weighted by molar-refractivity contribution is -0.140. The molecule has 90 valence electrons. The van der Waals surface area contributed by atoms with E-state index in [2.05, 4.69) is 4.98 Å². The summed E-state index contributed by atoms with van der Waals surface area (Å²) >= 11 is 5.21. The van der Waals surface area contributed by atoms with E-state index in [0.29, 0.717) is 6.07 Å². The lowest BCUT2D eigenvalue weighted by atomic mass is 10.3. The zero-order valence-electron chi connectivity index (χ0n) is 7.83. The monoisotopic (exact) mass is 273 g/mol. The van der Waals surface area contributed by atoms with Crippen LogP contribution in [0.4, 0.5) is 13.2 Å². The van der Waals surface area contributed by atoms with Crippen LogP contribution in [0, 0.1) is 0 Å². The summed E-state index contributed by atoms with van der Waals surface area (Å²) < 4.78 is 60.4. The fourth-order valence-corrected chi connectivity index (χ4v) is 2.80. The molecule has 16 heavy (non-hydrogen) atoms. The average Bonchev–Trinajstić information content (AvgIpc) is 2.16. The Kier molecular flexibility index (Phi) is 3.80. The average molecular weight is 274 g/mol. The Morgan fingerprint density at radius 3 is 2.50 bits per heavy atom. The van der Waals surface area contributed by atoms with E-state index in [-0.39, 0.29) is 5.88 Å². The van der Waals surface area contributed by atoms with Crippen molar-refractivity contribution < 1.29 is 21.6 Å². The van der Waals surface area contributed by atoms with E-state index in [1.54, 1.807) is 0 Å². The molecule has 0 bridgehead atoms. The summed E-state index contributed by atoms with van der Waals surface area (Å²) in [7, 11) is -4.09. The normalized spacial score (nSPS) is 12.8. The minimum Gasteiger partial charge on any atom is -0.244 e. The van der Waals surface area contributed by atoms with Gasteiger partial charge in [-0.1, -0.05) is 0 Å². The van der Waals surface area contributed by atoms with Crippen molar-refractivity contribution in [3.63, 3.8) is 0 Å². The first-order valence-electron chi connectivity index (χ1n) is 4.10. The van der Waals surface area contributed by atoms with Crippen LogP contribution in [0.25, 0.3) is 0 Å². The summed E-state index contributed by atoms with van der Waals surface area (Å²) in [4.78, 5) is 3.27. The summed E-state index contributed by atoms with van der Waals surface area (Å²) in [5, 5.41) is -0.969. The molecule has 0 aromatic carbocycles. The molecule has 0 saturated carbocycles. The standard InChI is InChI=1S/C8H7ClF3NO2S/c9-3-5-16(14,15)7-6(8(10,11)12)2-1-4-13-7/h1-2,4H,3,5H2. The Morgan fingerprint density at radius 1 is 1.38 bits per heavy atom. The summed E-state index contributed by atoms with van der Waals surface area (Å²) in [5.74, 6) is -0.856. The lowest BCUT2D eigenvalue weighted by Crippen LogP contribution is -2.17. The molecule has 0 aliphatic heterocycles. The fourth-order valence-electron chi connectivity index (χ4n) is 1.05. The Balaban J connectivity index is 3.35. The summed E-state index contributed by atoms with van der Waals surface area (Å²) in [6.07, 6.45) is -3.75. The molecule has 1 aromatic heterocycles. The topological polar surface area (TPSA) is 47.0 Å². The first kappa shape index (κ1) is 13.2. The molecule has 0 unspecified atom stereocenters. The third-order valence-corrected chi connectivity index (χ3v) is 3.79. The van der Waals surface area contributed by atoms with Crippen molar-refractivity contribution >= 4 is 21.4 Å². The number of hydrogen-bond donors (Lipinski definition) is 0. The highest BCUT2D eigenvalue weighted by Gasteiger charge is 2.37. The van der Waals surface area contributed by atoms with E-state index in [1.807, 2.05) is 0 Å². The second kappa shape index (κ2) is 4.58. The van der Waals surface area contributed by atoms with E-state index in [9.17, 15) is 21.6 Å². The molecule has 0 aliphatic carbocycles. The van der Waals surface area contributed by atoms with E-state index in [0.717, 1.165) is 12.3 Å². The van der Waals surface area contributed by atoms with E-state index in [4.69, 9.17) is 11.6 Å². The molecule has 0 atom stereocenters. The molecule has 1 aromatic rings. The van der Waals surface area contributed by atoms with Crippen molar-refractivity contribution in [3.8, 4) is 0 Å². The smallest absolute Gasteiger partial charge is 0.244 e. The highest BCUT2D eigenvalue weighted by Crippen LogP contribution is 2.33. The maximum absolute atomic E-state index is 12.5. The zero-order valence-corrected chi connectivity index (χ0v) is 9.40. The van der Waals surface area contributed by atoms with Crippen molar-refractivity contribution in [1.82, 2.24) is 4.98 Å². The second-order valence-corrected chi connectivity index (χ2v) is 5.26. The number of sulfone groups is 1. The van der Waals surface area contributed by atoms with Crippen molar-refractivity contribution in [2.45, 2.75) is 11.2 Å². The Hall–Kier alpha value is -0.820. The molecule has 0 aliphatic rings. The van der Waals surface area contributed by atoms with E-state index >= 15 is 0 Å². The van der Waals surface area contributed by atoms with Gasteiger partial charge in [-0.15, -0.1) is 11.6 Å². The van der Waals surface area contributed by atoms with Gasteiger partial charge in [0.15, 0.2) is 14.9 Å². The Labute approximate surface area is 95.2 Å². The number of aromatic nitrogens is 1. The molecule has 1 heterocycles. The van der Waals surface area contributed by atoms with Gasteiger partial charge >= 0.3 is 6.18 Å². The van der Waals surface area contributed by atoms with Crippen LogP contribution in [0.2, 0.25) is 0 Å². The van der Waals surface area contributed by atoms with Gasteiger partial charge in [-0.05, 0) is 12.1 Å². The summed E-state index contributed by atoms with van der Waals surface area (Å²) in [6.45, 7) is 0. The molecule has 0 fully saturated rings. The first-order chi connectivity index (χ1) is 7.29. The molecular formula is C8H7ClF3NO2S. The Bertz CT molecular complexity index is 472. The van der Waals surface area contributed by atoms with Gasteiger partial charge < -0.3 is 0 Å². The number of halogens is 4. The van der Waals surface area contributed by atoms with Gasteiger partial charge in [-0.25, -0.2) is 13.4 Å². The van der Waals surface area contributed by atoms with Crippen LogP contribution in [0.5, 0.6) is 0 Å². The SMILES string of the molecule is O=S(=O)(CCCl)c1ncccc1C(F)(F)F. The molecule has 0 radical (unpaired) electrons. The first-order valence-corrected chi connectivity index (χ1v) is 6.28. The molecule has 0 amide bonds. The van der Waals surface area contributed by atoms with Crippen LogP contribution in [-0.4, -0.2) is 25.0 Å². The minimum atomic E-state index is -4.75. The van der Waals surface area contributed by atoms with Crippen molar-refractivity contribution in [1.29, 1.82) is 0 Å². The highest BCUT2D eigenvalue weighted by atomic mass is 35.5. The van der Waals surface area contributed by atoms with Crippen molar-refractivity contribution in [2.24, 2.45) is 0 Å². The molecule has 3 nitrogen and oxygen atoms in total. The minimum absolute atomic E-state index is 0.282. The molecule has 1 rings (SSSR count). The summed E-state index contributed by atoms with van der Waals surface area (Å²) in [6, 6.07) is 1.71. The molecule has 0 spiro atoms. The van der Waals surface area contributed by atoms with Gasteiger partial charge in [0.2, 0.25) is 0 Å². The second-order valence-electron chi connectivity index (χ2n) is 2.86. The van der Waals surface area contributed by atoms with Gasteiger partial charge in [0, 0.05) is 12.1 Å². The van der Waals surface area contributed by atoms with Gasteiger partial charge in [-0.2, -0.15) is 13.2 Å². The Morgan fingerprint density at radius 2 is 2.00 bits per heavy atom. The number of rotatable bonds is 3. The van der Waals surface area contributed by atoms with Crippen LogP contribution in [0.15, 0.2) is 23.4 Å². The van der Waals surface area contributed by atoms with Crippen LogP contribution in [0.3, 0.4) is 0 Å². The predicted octanol–water partition coefficient (Wildman–Crippen LogP) is 2.11. The van der Waals surface area contributed by atoms with Crippen LogP contribution in [0.1, 0.15) is 5.56 Å². The van der Waals surface area contributed by atoms with Crippen molar-refractivity contribution in [2.75, 3.05) is 11.6 Å². The maximum atomic E-state index is 12.5. The zero-order chi connectivity index (χ0) is 12.4. The quantitative estimate of drug-likeness (QED) is 0.793.